The Morgan fingerprint density at radius 2 is 1.55 bits per heavy atom. The molecular formula is C20H19NO8. The molecule has 0 saturated heterocycles. The molecule has 9 heteroatoms. The number of esters is 3. The minimum atomic E-state index is -0.865. The third kappa shape index (κ3) is 3.66. The SMILES string of the molecule is COC(=O)c1cc(NC2OC(=O)c3c2ccc(OC)c3OC)cc(C(=O)OC)c1. The van der Waals surface area contributed by atoms with Gasteiger partial charge in [0.05, 0.1) is 39.6 Å². The maximum Gasteiger partial charge on any atom is 0.344 e. The van der Waals surface area contributed by atoms with Gasteiger partial charge in [0, 0.05) is 11.3 Å². The van der Waals surface area contributed by atoms with Gasteiger partial charge in [-0.2, -0.15) is 0 Å². The van der Waals surface area contributed by atoms with Gasteiger partial charge in [-0.15, -0.1) is 0 Å². The van der Waals surface area contributed by atoms with Crippen molar-refractivity contribution in [3.63, 3.8) is 0 Å². The molecule has 0 spiro atoms. The molecule has 29 heavy (non-hydrogen) atoms. The Balaban J connectivity index is 2.01. The third-order valence-corrected chi connectivity index (χ3v) is 4.36. The number of fused-ring (bicyclic) bond motifs is 1. The van der Waals surface area contributed by atoms with Crippen LogP contribution in [0.2, 0.25) is 0 Å². The number of carbonyl (C=O) groups is 3. The van der Waals surface area contributed by atoms with Crippen molar-refractivity contribution in [1.29, 1.82) is 0 Å². The summed E-state index contributed by atoms with van der Waals surface area (Å²) in [6.07, 6.45) is -0.865. The van der Waals surface area contributed by atoms with Crippen LogP contribution in [0.4, 0.5) is 5.69 Å². The first-order valence-corrected chi connectivity index (χ1v) is 8.47. The highest BCUT2D eigenvalue weighted by Crippen LogP contribution is 2.42. The zero-order valence-corrected chi connectivity index (χ0v) is 16.2. The molecule has 0 amide bonds. The number of hydrogen-bond donors (Lipinski definition) is 1. The summed E-state index contributed by atoms with van der Waals surface area (Å²) >= 11 is 0. The fourth-order valence-electron chi connectivity index (χ4n) is 3.04. The lowest BCUT2D eigenvalue weighted by atomic mass is 10.1. The van der Waals surface area contributed by atoms with E-state index in [0.717, 1.165) is 0 Å². The van der Waals surface area contributed by atoms with Crippen LogP contribution < -0.4 is 14.8 Å². The van der Waals surface area contributed by atoms with E-state index in [2.05, 4.69) is 5.32 Å². The van der Waals surface area contributed by atoms with Crippen molar-refractivity contribution in [3.05, 3.63) is 52.6 Å². The second-order valence-corrected chi connectivity index (χ2v) is 5.98. The number of nitrogens with one attached hydrogen (secondary N) is 1. The summed E-state index contributed by atoms with van der Waals surface area (Å²) in [5, 5.41) is 3.00. The van der Waals surface area contributed by atoms with Crippen LogP contribution in [0.25, 0.3) is 0 Å². The van der Waals surface area contributed by atoms with Gasteiger partial charge in [-0.05, 0) is 30.3 Å². The van der Waals surface area contributed by atoms with Crippen molar-refractivity contribution in [2.24, 2.45) is 0 Å². The number of benzene rings is 2. The summed E-state index contributed by atoms with van der Waals surface area (Å²) in [7, 11) is 5.35. The number of ether oxygens (including phenoxy) is 5. The molecule has 1 unspecified atom stereocenters. The van der Waals surface area contributed by atoms with E-state index in [4.69, 9.17) is 23.7 Å². The van der Waals surface area contributed by atoms with Crippen molar-refractivity contribution in [3.8, 4) is 11.5 Å². The summed E-state index contributed by atoms with van der Waals surface area (Å²) in [4.78, 5) is 36.3. The molecule has 2 aromatic carbocycles. The molecule has 3 rings (SSSR count). The van der Waals surface area contributed by atoms with Gasteiger partial charge in [0.25, 0.3) is 0 Å². The molecule has 1 N–H and O–H groups in total. The smallest absolute Gasteiger partial charge is 0.344 e. The molecular weight excluding hydrogens is 382 g/mol. The molecule has 0 fully saturated rings. The van der Waals surface area contributed by atoms with E-state index in [0.29, 0.717) is 17.0 Å². The number of cyclic esters (lactones) is 1. The lowest BCUT2D eigenvalue weighted by Gasteiger charge is -2.16. The van der Waals surface area contributed by atoms with Gasteiger partial charge in [0.15, 0.2) is 11.5 Å². The van der Waals surface area contributed by atoms with E-state index in [1.165, 1.54) is 46.6 Å². The molecule has 1 atom stereocenters. The second kappa shape index (κ2) is 8.09. The second-order valence-electron chi connectivity index (χ2n) is 5.98. The lowest BCUT2D eigenvalue weighted by Crippen LogP contribution is -2.13. The normalized spacial score (nSPS) is 14.5. The monoisotopic (exact) mass is 401 g/mol. The summed E-state index contributed by atoms with van der Waals surface area (Å²) in [5.74, 6) is -1.20. The lowest BCUT2D eigenvalue weighted by molar-refractivity contribution is 0.0433. The van der Waals surface area contributed by atoms with Gasteiger partial charge < -0.3 is 29.0 Å². The molecule has 152 valence electrons. The van der Waals surface area contributed by atoms with Crippen LogP contribution in [0.1, 0.15) is 42.9 Å². The number of methoxy groups -OCH3 is 4. The number of hydrogen-bond acceptors (Lipinski definition) is 9. The fraction of sp³-hybridized carbons (Fsp3) is 0.250. The number of anilines is 1. The highest BCUT2D eigenvalue weighted by Gasteiger charge is 2.36. The summed E-state index contributed by atoms with van der Waals surface area (Å²) < 4.78 is 25.4. The number of rotatable bonds is 6. The molecule has 0 aromatic heterocycles. The Bertz CT molecular complexity index is 950. The van der Waals surface area contributed by atoms with Gasteiger partial charge in [-0.25, -0.2) is 14.4 Å². The van der Waals surface area contributed by atoms with E-state index in [9.17, 15) is 14.4 Å². The topological polar surface area (TPSA) is 109 Å². The minimum Gasteiger partial charge on any atom is -0.493 e. The maximum atomic E-state index is 12.4. The Labute approximate surface area is 166 Å². The van der Waals surface area contributed by atoms with Crippen molar-refractivity contribution in [2.75, 3.05) is 33.8 Å². The Hall–Kier alpha value is -3.75. The molecule has 0 aliphatic carbocycles. The molecule has 1 aliphatic rings. The molecule has 9 nitrogen and oxygen atoms in total. The highest BCUT2D eigenvalue weighted by atomic mass is 16.6. The fourth-order valence-corrected chi connectivity index (χ4v) is 3.04. The largest absolute Gasteiger partial charge is 0.493 e. The average molecular weight is 401 g/mol. The maximum absolute atomic E-state index is 12.4. The van der Waals surface area contributed by atoms with Crippen molar-refractivity contribution >= 4 is 23.6 Å². The van der Waals surface area contributed by atoms with Crippen LogP contribution in [0.3, 0.4) is 0 Å². The Kier molecular flexibility index (Phi) is 5.58. The van der Waals surface area contributed by atoms with E-state index in [1.807, 2.05) is 0 Å². The van der Waals surface area contributed by atoms with Crippen LogP contribution in [0.15, 0.2) is 30.3 Å². The van der Waals surface area contributed by atoms with Crippen molar-refractivity contribution in [2.45, 2.75) is 6.23 Å². The van der Waals surface area contributed by atoms with Gasteiger partial charge in [0.1, 0.15) is 5.56 Å². The van der Waals surface area contributed by atoms with Crippen molar-refractivity contribution in [1.82, 2.24) is 0 Å². The standard InChI is InChI=1S/C20H19NO8/c1-25-14-6-5-13-15(16(14)26-2)20(24)29-17(13)21-12-8-10(18(22)27-3)7-11(9-12)19(23)28-4/h5-9,17,21H,1-4H3. The summed E-state index contributed by atoms with van der Waals surface area (Å²) in [5.41, 5.74) is 1.38. The summed E-state index contributed by atoms with van der Waals surface area (Å²) in [6.45, 7) is 0. The van der Waals surface area contributed by atoms with E-state index >= 15 is 0 Å². The molecule has 0 saturated carbocycles. The molecule has 2 aromatic rings. The minimum absolute atomic E-state index is 0.134. The van der Waals surface area contributed by atoms with E-state index in [-0.39, 0.29) is 22.4 Å². The molecule has 0 bridgehead atoms. The van der Waals surface area contributed by atoms with Gasteiger partial charge >= 0.3 is 17.9 Å². The highest BCUT2D eigenvalue weighted by molar-refractivity contribution is 5.99. The number of carbonyl (C=O) groups excluding carboxylic acids is 3. The molecule has 1 aliphatic heterocycles. The quantitative estimate of drug-likeness (QED) is 0.577. The predicted molar refractivity (Wildman–Crippen MR) is 100 cm³/mol. The van der Waals surface area contributed by atoms with E-state index in [1.54, 1.807) is 12.1 Å². The van der Waals surface area contributed by atoms with Crippen LogP contribution in [-0.4, -0.2) is 46.3 Å². The predicted octanol–water partition coefficient (Wildman–Crippen LogP) is 2.56. The molecule has 1 heterocycles. The average Bonchev–Trinajstić information content (AvgIpc) is 3.06. The van der Waals surface area contributed by atoms with Gasteiger partial charge in [-0.3, -0.25) is 0 Å². The van der Waals surface area contributed by atoms with Gasteiger partial charge in [-0.1, -0.05) is 0 Å². The summed E-state index contributed by atoms with van der Waals surface area (Å²) in [6, 6.07) is 7.63. The van der Waals surface area contributed by atoms with Crippen molar-refractivity contribution < 1.29 is 38.1 Å². The first-order chi connectivity index (χ1) is 13.9. The van der Waals surface area contributed by atoms with E-state index < -0.39 is 24.1 Å². The van der Waals surface area contributed by atoms with Crippen LogP contribution in [-0.2, 0) is 14.2 Å². The first-order valence-electron chi connectivity index (χ1n) is 8.47. The third-order valence-electron chi connectivity index (χ3n) is 4.36. The zero-order chi connectivity index (χ0) is 21.1. The van der Waals surface area contributed by atoms with Crippen LogP contribution in [0.5, 0.6) is 11.5 Å². The zero-order valence-electron chi connectivity index (χ0n) is 16.2. The first kappa shape index (κ1) is 20.0. The van der Waals surface area contributed by atoms with Crippen LogP contribution in [0, 0.1) is 0 Å². The Morgan fingerprint density at radius 1 is 0.931 bits per heavy atom. The van der Waals surface area contributed by atoms with Crippen LogP contribution >= 0.6 is 0 Å². The Morgan fingerprint density at radius 3 is 2.07 bits per heavy atom. The molecule has 0 radical (unpaired) electrons. The van der Waals surface area contributed by atoms with Gasteiger partial charge in [0.2, 0.25) is 6.23 Å².